The van der Waals surface area contributed by atoms with Crippen molar-refractivity contribution in [2.24, 2.45) is 0 Å². The predicted molar refractivity (Wildman–Crippen MR) is 121 cm³/mol. The largest absolute Gasteiger partial charge is 0.483 e. The zero-order valence-corrected chi connectivity index (χ0v) is 19.1. The van der Waals surface area contributed by atoms with Gasteiger partial charge in [-0.3, -0.25) is 20.4 Å². The summed E-state index contributed by atoms with van der Waals surface area (Å²) in [4.78, 5) is 23.9. The van der Waals surface area contributed by atoms with Crippen molar-refractivity contribution in [1.82, 2.24) is 10.9 Å². The summed E-state index contributed by atoms with van der Waals surface area (Å²) in [5.41, 5.74) is 5.61. The fourth-order valence-electron chi connectivity index (χ4n) is 2.68. The zero-order chi connectivity index (χ0) is 20.8. The summed E-state index contributed by atoms with van der Waals surface area (Å²) in [6, 6.07) is 16.9. The summed E-state index contributed by atoms with van der Waals surface area (Å²) >= 11 is 13.0. The second-order valence-corrected chi connectivity index (χ2v) is 8.34. The molecule has 29 heavy (non-hydrogen) atoms. The van der Waals surface area contributed by atoms with Crippen molar-refractivity contribution in [3.63, 3.8) is 0 Å². The fourth-order valence-corrected chi connectivity index (χ4v) is 3.90. The minimum Gasteiger partial charge on any atom is -0.483 e. The Kier molecular flexibility index (Phi) is 7.52. The Bertz CT molecular complexity index is 1060. The first-order valence-electron chi connectivity index (χ1n) is 8.75. The van der Waals surface area contributed by atoms with Gasteiger partial charge in [0.2, 0.25) is 5.91 Å². The Labute approximate surface area is 190 Å². The van der Waals surface area contributed by atoms with Gasteiger partial charge in [0.25, 0.3) is 5.91 Å². The second kappa shape index (κ2) is 10.1. The van der Waals surface area contributed by atoms with E-state index in [0.29, 0.717) is 17.2 Å². The number of carbonyl (C=O) groups is 2. The predicted octanol–water partition coefficient (Wildman–Crippen LogP) is 5.18. The third-order valence-corrected chi connectivity index (χ3v) is 5.84. The van der Waals surface area contributed by atoms with Gasteiger partial charge in [-0.2, -0.15) is 0 Å². The Balaban J connectivity index is 1.47. The Morgan fingerprint density at radius 3 is 2.52 bits per heavy atom. The van der Waals surface area contributed by atoms with E-state index in [0.717, 1.165) is 25.3 Å². The maximum atomic E-state index is 12.0. The van der Waals surface area contributed by atoms with Crippen LogP contribution in [0.25, 0.3) is 10.8 Å². The third kappa shape index (κ3) is 5.95. The van der Waals surface area contributed by atoms with E-state index in [9.17, 15) is 9.59 Å². The molecule has 0 aliphatic rings. The van der Waals surface area contributed by atoms with Crippen molar-refractivity contribution in [3.05, 3.63) is 74.1 Å². The smallest absolute Gasteiger partial charge is 0.276 e. The maximum absolute atomic E-state index is 12.0. The highest BCUT2D eigenvalue weighted by atomic mass is 79.9. The molecule has 8 heteroatoms. The van der Waals surface area contributed by atoms with E-state index < -0.39 is 5.91 Å². The van der Waals surface area contributed by atoms with Crippen LogP contribution in [-0.4, -0.2) is 18.4 Å². The highest BCUT2D eigenvalue weighted by Crippen LogP contribution is 2.34. The van der Waals surface area contributed by atoms with Crippen LogP contribution in [0.5, 0.6) is 5.75 Å². The number of aryl methyl sites for hydroxylation is 1. The molecule has 0 radical (unpaired) electrons. The Morgan fingerprint density at radius 1 is 0.966 bits per heavy atom. The Morgan fingerprint density at radius 2 is 1.72 bits per heavy atom. The van der Waals surface area contributed by atoms with Crippen LogP contribution in [0, 0.1) is 0 Å². The number of nitrogens with one attached hydrogen (secondary N) is 2. The van der Waals surface area contributed by atoms with Crippen molar-refractivity contribution >= 4 is 66.0 Å². The summed E-state index contributed by atoms with van der Waals surface area (Å²) in [6.07, 6.45) is 0.689. The average molecular weight is 541 g/mol. The summed E-state index contributed by atoms with van der Waals surface area (Å²) in [7, 11) is 0. The van der Waals surface area contributed by atoms with Crippen LogP contribution in [0.2, 0.25) is 5.02 Å². The summed E-state index contributed by atoms with van der Waals surface area (Å²) in [5, 5.41) is 2.62. The first kappa shape index (κ1) is 21.6. The van der Waals surface area contributed by atoms with Crippen LogP contribution in [0.1, 0.15) is 12.0 Å². The summed E-state index contributed by atoms with van der Waals surface area (Å²) in [6.45, 7) is -0.231. The molecule has 0 bridgehead atoms. The van der Waals surface area contributed by atoms with Crippen molar-refractivity contribution in [3.8, 4) is 5.75 Å². The molecule has 3 aromatic rings. The molecule has 0 aliphatic carbocycles. The quantitative estimate of drug-likeness (QED) is 0.424. The van der Waals surface area contributed by atoms with Gasteiger partial charge in [-0.15, -0.1) is 0 Å². The number of ether oxygens (including phenoxy) is 1. The average Bonchev–Trinajstić information content (AvgIpc) is 2.71. The molecule has 0 spiro atoms. The first-order valence-corrected chi connectivity index (χ1v) is 10.7. The number of hydrazine groups is 1. The van der Waals surface area contributed by atoms with Crippen LogP contribution in [-0.2, 0) is 16.0 Å². The lowest BCUT2D eigenvalue weighted by Crippen LogP contribution is -2.43. The number of rotatable bonds is 6. The van der Waals surface area contributed by atoms with E-state index in [1.54, 1.807) is 12.1 Å². The van der Waals surface area contributed by atoms with Gasteiger partial charge in [0.1, 0.15) is 5.75 Å². The molecular weight excluding hydrogens is 524 g/mol. The molecule has 2 amide bonds. The van der Waals surface area contributed by atoms with Crippen LogP contribution in [0.3, 0.4) is 0 Å². The van der Waals surface area contributed by atoms with Gasteiger partial charge in [-0.05, 0) is 63.0 Å². The summed E-state index contributed by atoms with van der Waals surface area (Å²) in [5.74, 6) is -0.227. The number of hydrogen-bond donors (Lipinski definition) is 2. The monoisotopic (exact) mass is 538 g/mol. The molecule has 0 unspecified atom stereocenters. The van der Waals surface area contributed by atoms with Gasteiger partial charge in [-0.1, -0.05) is 57.9 Å². The van der Waals surface area contributed by atoms with Gasteiger partial charge in [-0.25, -0.2) is 0 Å². The highest BCUT2D eigenvalue weighted by molar-refractivity contribution is 9.11. The maximum Gasteiger partial charge on any atom is 0.276 e. The molecule has 5 nitrogen and oxygen atoms in total. The zero-order valence-electron chi connectivity index (χ0n) is 15.2. The number of benzene rings is 3. The fraction of sp³-hybridized carbons (Fsp3) is 0.143. The third-order valence-electron chi connectivity index (χ3n) is 4.16. The van der Waals surface area contributed by atoms with Crippen molar-refractivity contribution in [2.75, 3.05) is 6.61 Å². The van der Waals surface area contributed by atoms with Gasteiger partial charge < -0.3 is 4.74 Å². The normalized spacial score (nSPS) is 10.6. The SMILES string of the molecule is O=C(CCc1ccccc1Cl)NNC(=O)COc1ccc2cc(Br)ccc2c1Br. The lowest BCUT2D eigenvalue weighted by molar-refractivity contribution is -0.130. The number of carbonyl (C=O) groups excluding carboxylic acids is 2. The van der Waals surface area contributed by atoms with Gasteiger partial charge >= 0.3 is 0 Å². The molecule has 150 valence electrons. The van der Waals surface area contributed by atoms with E-state index >= 15 is 0 Å². The number of fused-ring (bicyclic) bond motifs is 1. The molecule has 0 aliphatic heterocycles. The van der Waals surface area contributed by atoms with Crippen LogP contribution < -0.4 is 15.6 Å². The van der Waals surface area contributed by atoms with Gasteiger partial charge in [0, 0.05) is 15.9 Å². The standard InChI is InChI=1S/C21H17Br2ClN2O3/c22-15-7-8-16-14(11-15)5-9-18(21(16)23)29-12-20(28)26-25-19(27)10-6-13-3-1-2-4-17(13)24/h1-5,7-9,11H,6,10,12H2,(H,25,27)(H,26,28). The topological polar surface area (TPSA) is 67.4 Å². The first-order chi connectivity index (χ1) is 13.9. The van der Waals surface area contributed by atoms with Crippen molar-refractivity contribution in [2.45, 2.75) is 12.8 Å². The van der Waals surface area contributed by atoms with E-state index in [2.05, 4.69) is 42.7 Å². The molecular formula is C21H17Br2ClN2O3. The number of halogens is 3. The molecule has 0 saturated carbocycles. The van der Waals surface area contributed by atoms with Crippen LogP contribution in [0.15, 0.2) is 63.5 Å². The van der Waals surface area contributed by atoms with E-state index in [1.165, 1.54) is 0 Å². The number of amides is 2. The van der Waals surface area contributed by atoms with Crippen molar-refractivity contribution in [1.29, 1.82) is 0 Å². The lowest BCUT2D eigenvalue weighted by atomic mass is 10.1. The molecule has 0 aromatic heterocycles. The molecule has 0 saturated heterocycles. The lowest BCUT2D eigenvalue weighted by Gasteiger charge is -2.11. The van der Waals surface area contributed by atoms with Crippen LogP contribution in [0.4, 0.5) is 0 Å². The molecule has 3 rings (SSSR count). The van der Waals surface area contributed by atoms with Gasteiger partial charge in [0.05, 0.1) is 4.47 Å². The molecule has 0 atom stereocenters. The van der Waals surface area contributed by atoms with Crippen LogP contribution >= 0.6 is 43.5 Å². The second-order valence-electron chi connectivity index (χ2n) is 6.22. The number of hydrogen-bond acceptors (Lipinski definition) is 3. The minimum absolute atomic E-state index is 0.205. The summed E-state index contributed by atoms with van der Waals surface area (Å²) < 4.78 is 7.32. The Hall–Kier alpha value is -2.09. The molecule has 0 heterocycles. The highest BCUT2D eigenvalue weighted by Gasteiger charge is 2.10. The molecule has 3 aromatic carbocycles. The molecule has 2 N–H and O–H groups in total. The van der Waals surface area contributed by atoms with Gasteiger partial charge in [0.15, 0.2) is 6.61 Å². The molecule has 0 fully saturated rings. The van der Waals surface area contributed by atoms with E-state index in [4.69, 9.17) is 16.3 Å². The van der Waals surface area contributed by atoms with Crippen molar-refractivity contribution < 1.29 is 14.3 Å². The van der Waals surface area contributed by atoms with E-state index in [1.807, 2.05) is 42.5 Å². The minimum atomic E-state index is -0.459. The van der Waals surface area contributed by atoms with E-state index in [-0.39, 0.29) is 18.9 Å².